The molecule has 0 aliphatic heterocycles. The summed E-state index contributed by atoms with van der Waals surface area (Å²) in [4.78, 5) is 23.8. The SMILES string of the molecule is CC(C)c1cc(=O)oc2cc(OCC(=O)Nc3ccccc3Cl)ccc12. The van der Waals surface area contributed by atoms with Gasteiger partial charge < -0.3 is 14.5 Å². The number of fused-ring (bicyclic) bond motifs is 1. The molecule has 0 aliphatic carbocycles. The van der Waals surface area contributed by atoms with Crippen molar-refractivity contribution in [1.82, 2.24) is 0 Å². The Morgan fingerprint density at radius 1 is 1.19 bits per heavy atom. The first-order valence-corrected chi connectivity index (χ1v) is 8.57. The largest absolute Gasteiger partial charge is 0.484 e. The second-order valence-electron chi connectivity index (χ2n) is 6.15. The van der Waals surface area contributed by atoms with E-state index in [-0.39, 0.29) is 18.4 Å². The summed E-state index contributed by atoms with van der Waals surface area (Å²) in [6.45, 7) is 3.83. The molecule has 0 saturated heterocycles. The molecule has 0 spiro atoms. The predicted molar refractivity (Wildman–Crippen MR) is 102 cm³/mol. The van der Waals surface area contributed by atoms with Crippen LogP contribution in [0.1, 0.15) is 25.3 Å². The summed E-state index contributed by atoms with van der Waals surface area (Å²) in [7, 11) is 0. The Hall–Kier alpha value is -2.79. The van der Waals surface area contributed by atoms with Gasteiger partial charge in [0.05, 0.1) is 10.7 Å². The summed E-state index contributed by atoms with van der Waals surface area (Å²) >= 11 is 6.01. The summed E-state index contributed by atoms with van der Waals surface area (Å²) < 4.78 is 10.8. The number of para-hydroxylation sites is 1. The van der Waals surface area contributed by atoms with Crippen LogP contribution >= 0.6 is 11.6 Å². The van der Waals surface area contributed by atoms with Crippen LogP contribution in [0.3, 0.4) is 0 Å². The number of carbonyl (C=O) groups is 1. The Morgan fingerprint density at radius 2 is 1.96 bits per heavy atom. The fourth-order valence-electron chi connectivity index (χ4n) is 2.63. The van der Waals surface area contributed by atoms with Gasteiger partial charge in [-0.2, -0.15) is 0 Å². The molecular weight excluding hydrogens is 354 g/mol. The highest BCUT2D eigenvalue weighted by atomic mass is 35.5. The average Bonchev–Trinajstić information content (AvgIpc) is 2.60. The summed E-state index contributed by atoms with van der Waals surface area (Å²) in [6.07, 6.45) is 0. The van der Waals surface area contributed by atoms with Gasteiger partial charge >= 0.3 is 5.63 Å². The van der Waals surface area contributed by atoms with Crippen LogP contribution in [0, 0.1) is 0 Å². The van der Waals surface area contributed by atoms with Crippen molar-refractivity contribution < 1.29 is 13.9 Å². The van der Waals surface area contributed by atoms with E-state index in [9.17, 15) is 9.59 Å². The third-order valence-electron chi connectivity index (χ3n) is 3.89. The van der Waals surface area contributed by atoms with Crippen LogP contribution in [0.2, 0.25) is 5.02 Å². The zero-order valence-electron chi connectivity index (χ0n) is 14.4. The summed E-state index contributed by atoms with van der Waals surface area (Å²) in [5.74, 6) is 0.293. The van der Waals surface area contributed by atoms with Crippen LogP contribution in [0.15, 0.2) is 57.7 Å². The first-order chi connectivity index (χ1) is 12.4. The normalized spacial score (nSPS) is 10.9. The predicted octanol–water partition coefficient (Wildman–Crippen LogP) is 4.59. The Kier molecular flexibility index (Phi) is 5.28. The minimum absolute atomic E-state index is 0.190. The van der Waals surface area contributed by atoms with E-state index in [2.05, 4.69) is 5.32 Å². The van der Waals surface area contributed by atoms with Crippen molar-refractivity contribution in [3.05, 3.63) is 69.5 Å². The van der Waals surface area contributed by atoms with Crippen LogP contribution in [-0.4, -0.2) is 12.5 Å². The van der Waals surface area contributed by atoms with Crippen LogP contribution in [0.25, 0.3) is 11.0 Å². The molecule has 6 heteroatoms. The van der Waals surface area contributed by atoms with Crippen LogP contribution in [0.5, 0.6) is 5.75 Å². The molecule has 2 aromatic carbocycles. The number of hydrogen-bond donors (Lipinski definition) is 1. The van der Waals surface area contributed by atoms with Crippen molar-refractivity contribution in [3.8, 4) is 5.75 Å². The second-order valence-corrected chi connectivity index (χ2v) is 6.56. The van der Waals surface area contributed by atoms with E-state index in [0.29, 0.717) is 22.0 Å². The molecule has 26 heavy (non-hydrogen) atoms. The van der Waals surface area contributed by atoms with Crippen LogP contribution < -0.4 is 15.7 Å². The summed E-state index contributed by atoms with van der Waals surface area (Å²) in [5, 5.41) is 3.99. The highest BCUT2D eigenvalue weighted by Gasteiger charge is 2.11. The van der Waals surface area contributed by atoms with Gasteiger partial charge in [-0.05, 0) is 35.7 Å². The molecule has 1 amide bonds. The molecule has 0 unspecified atom stereocenters. The molecule has 1 heterocycles. The van der Waals surface area contributed by atoms with Gasteiger partial charge in [0, 0.05) is 17.5 Å². The molecule has 1 N–H and O–H groups in total. The molecule has 0 radical (unpaired) electrons. The number of halogens is 1. The van der Waals surface area contributed by atoms with Gasteiger partial charge in [-0.25, -0.2) is 4.79 Å². The van der Waals surface area contributed by atoms with Crippen molar-refractivity contribution in [2.24, 2.45) is 0 Å². The van der Waals surface area contributed by atoms with Gasteiger partial charge in [-0.1, -0.05) is 37.6 Å². The molecule has 1 aromatic heterocycles. The van der Waals surface area contributed by atoms with Gasteiger partial charge in [0.25, 0.3) is 5.91 Å². The molecular formula is C20H18ClNO4. The fourth-order valence-corrected chi connectivity index (χ4v) is 2.82. The Labute approximate surface area is 155 Å². The van der Waals surface area contributed by atoms with Crippen LogP contribution in [0.4, 0.5) is 5.69 Å². The number of amides is 1. The van der Waals surface area contributed by atoms with E-state index in [1.165, 1.54) is 6.07 Å². The number of nitrogens with one attached hydrogen (secondary N) is 1. The minimum Gasteiger partial charge on any atom is -0.484 e. The first-order valence-electron chi connectivity index (χ1n) is 8.19. The molecule has 0 atom stereocenters. The van der Waals surface area contributed by atoms with Crippen molar-refractivity contribution in [2.75, 3.05) is 11.9 Å². The average molecular weight is 372 g/mol. The summed E-state index contributed by atoms with van der Waals surface area (Å²) in [6, 6.07) is 13.7. The third kappa shape index (κ3) is 4.06. The van der Waals surface area contributed by atoms with Crippen molar-refractivity contribution in [1.29, 1.82) is 0 Å². The van der Waals surface area contributed by atoms with Crippen molar-refractivity contribution in [2.45, 2.75) is 19.8 Å². The molecule has 0 aliphatic rings. The maximum atomic E-state index is 12.0. The fraction of sp³-hybridized carbons (Fsp3) is 0.200. The third-order valence-corrected chi connectivity index (χ3v) is 4.22. The smallest absolute Gasteiger partial charge is 0.336 e. The minimum atomic E-state index is -0.408. The molecule has 3 rings (SSSR count). The summed E-state index contributed by atoms with van der Waals surface area (Å²) in [5.41, 5.74) is 1.47. The molecule has 0 bridgehead atoms. The zero-order chi connectivity index (χ0) is 18.7. The molecule has 0 fully saturated rings. The lowest BCUT2D eigenvalue weighted by atomic mass is 10.00. The maximum Gasteiger partial charge on any atom is 0.336 e. The number of anilines is 1. The van der Waals surface area contributed by atoms with E-state index in [0.717, 1.165) is 10.9 Å². The number of carbonyl (C=O) groups excluding carboxylic acids is 1. The highest BCUT2D eigenvalue weighted by Crippen LogP contribution is 2.27. The van der Waals surface area contributed by atoms with Gasteiger partial charge in [0.2, 0.25) is 0 Å². The monoisotopic (exact) mass is 371 g/mol. The topological polar surface area (TPSA) is 68.5 Å². The van der Waals surface area contributed by atoms with E-state index in [4.69, 9.17) is 20.8 Å². The van der Waals surface area contributed by atoms with Crippen molar-refractivity contribution >= 4 is 34.2 Å². The van der Waals surface area contributed by atoms with E-state index in [1.54, 1.807) is 36.4 Å². The molecule has 3 aromatic rings. The van der Waals surface area contributed by atoms with E-state index in [1.807, 2.05) is 19.9 Å². The Balaban J connectivity index is 1.74. The number of rotatable bonds is 5. The standard InChI is InChI=1S/C20H18ClNO4/c1-12(2)15-10-20(24)26-18-9-13(7-8-14(15)18)25-11-19(23)22-17-6-4-3-5-16(17)21/h3-10,12H,11H2,1-2H3,(H,22,23). The Morgan fingerprint density at radius 3 is 2.69 bits per heavy atom. The highest BCUT2D eigenvalue weighted by molar-refractivity contribution is 6.33. The van der Waals surface area contributed by atoms with Crippen LogP contribution in [-0.2, 0) is 4.79 Å². The first kappa shape index (κ1) is 18.0. The lowest BCUT2D eigenvalue weighted by Gasteiger charge is -2.11. The lowest BCUT2D eigenvalue weighted by molar-refractivity contribution is -0.118. The number of hydrogen-bond acceptors (Lipinski definition) is 4. The maximum absolute atomic E-state index is 12.0. The van der Waals surface area contributed by atoms with Gasteiger partial charge in [-0.3, -0.25) is 4.79 Å². The van der Waals surface area contributed by atoms with Crippen molar-refractivity contribution in [3.63, 3.8) is 0 Å². The van der Waals surface area contributed by atoms with E-state index < -0.39 is 5.63 Å². The number of benzene rings is 2. The quantitative estimate of drug-likeness (QED) is 0.666. The molecule has 134 valence electrons. The zero-order valence-corrected chi connectivity index (χ0v) is 15.2. The number of ether oxygens (including phenoxy) is 1. The van der Waals surface area contributed by atoms with Gasteiger partial charge in [-0.15, -0.1) is 0 Å². The molecule has 5 nitrogen and oxygen atoms in total. The lowest BCUT2D eigenvalue weighted by Crippen LogP contribution is -2.20. The van der Waals surface area contributed by atoms with E-state index >= 15 is 0 Å². The van der Waals surface area contributed by atoms with Gasteiger partial charge in [0.1, 0.15) is 11.3 Å². The Bertz CT molecular complexity index is 1010. The molecule has 0 saturated carbocycles. The second kappa shape index (κ2) is 7.62. The van der Waals surface area contributed by atoms with Gasteiger partial charge in [0.15, 0.2) is 6.61 Å².